The van der Waals surface area contributed by atoms with Crippen LogP contribution in [0.3, 0.4) is 0 Å². The van der Waals surface area contributed by atoms with Gasteiger partial charge < -0.3 is 4.57 Å². The van der Waals surface area contributed by atoms with Gasteiger partial charge in [-0.15, -0.1) is 0 Å². The van der Waals surface area contributed by atoms with Gasteiger partial charge in [0.25, 0.3) is 0 Å². The third kappa shape index (κ3) is 3.31. The van der Waals surface area contributed by atoms with Gasteiger partial charge in [-0.3, -0.25) is 5.32 Å². The van der Waals surface area contributed by atoms with Gasteiger partial charge in [0.05, 0.1) is 10.7 Å². The normalized spacial score (nSPS) is 11.1. The minimum Gasteiger partial charge on any atom is -0.324 e. The monoisotopic (exact) mass is 290 g/mol. The Morgan fingerprint density at radius 2 is 2.16 bits per heavy atom. The third-order valence-corrected chi connectivity index (χ3v) is 3.31. The molecule has 19 heavy (non-hydrogen) atoms. The molecular formula is C13H11ClN4S. The molecule has 1 N–H and O–H groups in total. The first-order chi connectivity index (χ1) is 9.24. The fourth-order valence-corrected chi connectivity index (χ4v) is 2.03. The summed E-state index contributed by atoms with van der Waals surface area (Å²) in [4.78, 5) is 4.34. The Morgan fingerprint density at radius 1 is 1.42 bits per heavy atom. The smallest absolute Gasteiger partial charge is 0.183 e. The second kappa shape index (κ2) is 6.32. The van der Waals surface area contributed by atoms with Crippen LogP contribution in [0, 0.1) is 11.5 Å². The number of aliphatic imine (C=N–C) groups is 1. The number of hydrogen-bond acceptors (Lipinski definition) is 3. The molecule has 0 atom stereocenters. The maximum absolute atomic E-state index is 8.63. The molecule has 0 aliphatic heterocycles. The highest BCUT2D eigenvalue weighted by atomic mass is 35.5. The Morgan fingerprint density at radius 3 is 2.79 bits per heavy atom. The van der Waals surface area contributed by atoms with Crippen molar-refractivity contribution in [2.24, 2.45) is 4.99 Å². The highest BCUT2D eigenvalue weighted by Gasteiger charge is 2.04. The van der Waals surface area contributed by atoms with E-state index >= 15 is 0 Å². The minimum absolute atomic E-state index is 0.508. The van der Waals surface area contributed by atoms with E-state index in [0.29, 0.717) is 15.9 Å². The predicted molar refractivity (Wildman–Crippen MR) is 80.1 cm³/mol. The topological polar surface area (TPSA) is 53.1 Å². The number of rotatable bonds is 2. The van der Waals surface area contributed by atoms with Crippen LogP contribution in [-0.4, -0.2) is 16.0 Å². The number of thioether (sulfide) groups is 1. The van der Waals surface area contributed by atoms with Crippen LogP contribution in [0.15, 0.2) is 47.7 Å². The lowest BCUT2D eigenvalue weighted by Gasteiger charge is -2.06. The third-order valence-electron chi connectivity index (χ3n) is 2.41. The van der Waals surface area contributed by atoms with Gasteiger partial charge in [0.15, 0.2) is 11.4 Å². The largest absolute Gasteiger partial charge is 0.324 e. The van der Waals surface area contributed by atoms with Gasteiger partial charge in [-0.25, -0.2) is 4.99 Å². The molecule has 0 amide bonds. The lowest BCUT2D eigenvalue weighted by Crippen LogP contribution is -2.12. The maximum Gasteiger partial charge on any atom is 0.183 e. The molecule has 1 aromatic carbocycles. The summed E-state index contributed by atoms with van der Waals surface area (Å²) < 4.78 is 1.96. The second-order valence-electron chi connectivity index (χ2n) is 3.58. The molecule has 0 aliphatic carbocycles. The summed E-state index contributed by atoms with van der Waals surface area (Å²) in [5.74, 6) is 0. The molecule has 2 rings (SSSR count). The maximum atomic E-state index is 8.63. The summed E-state index contributed by atoms with van der Waals surface area (Å²) in [5, 5.41) is 12.2. The van der Waals surface area contributed by atoms with Crippen LogP contribution in [0.25, 0.3) is 5.69 Å². The molecule has 0 saturated carbocycles. The number of nitrogens with zero attached hydrogens (tertiary/aromatic N) is 3. The zero-order valence-electron chi connectivity index (χ0n) is 10.2. The molecule has 0 unspecified atom stereocenters. The van der Waals surface area contributed by atoms with E-state index in [-0.39, 0.29) is 0 Å². The Hall–Kier alpha value is -1.90. The van der Waals surface area contributed by atoms with Crippen LogP contribution < -0.4 is 5.32 Å². The van der Waals surface area contributed by atoms with Crippen LogP contribution >= 0.6 is 23.4 Å². The van der Waals surface area contributed by atoms with Gasteiger partial charge in [0.1, 0.15) is 0 Å². The predicted octanol–water partition coefficient (Wildman–Crippen LogP) is 3.55. The van der Waals surface area contributed by atoms with Crippen LogP contribution in [0.2, 0.25) is 5.02 Å². The molecular weight excluding hydrogens is 280 g/mol. The first kappa shape index (κ1) is 13.5. The van der Waals surface area contributed by atoms with Crippen LogP contribution in [0.1, 0.15) is 0 Å². The van der Waals surface area contributed by atoms with E-state index in [0.717, 1.165) is 5.69 Å². The van der Waals surface area contributed by atoms with E-state index in [2.05, 4.69) is 10.3 Å². The van der Waals surface area contributed by atoms with Crippen molar-refractivity contribution in [3.63, 3.8) is 0 Å². The molecule has 1 aromatic heterocycles. The molecule has 0 radical (unpaired) electrons. The Kier molecular flexibility index (Phi) is 4.50. The summed E-state index contributed by atoms with van der Waals surface area (Å²) in [6.07, 6.45) is 7.58. The summed E-state index contributed by atoms with van der Waals surface area (Å²) in [7, 11) is 0. The molecule has 0 bridgehead atoms. The molecule has 0 aliphatic rings. The van der Waals surface area contributed by atoms with Gasteiger partial charge in [0.2, 0.25) is 0 Å². The molecule has 0 fully saturated rings. The van der Waals surface area contributed by atoms with Crippen molar-refractivity contribution >= 4 is 34.2 Å². The van der Waals surface area contributed by atoms with E-state index in [1.165, 1.54) is 11.8 Å². The van der Waals surface area contributed by atoms with Gasteiger partial charge in [-0.2, -0.15) is 5.26 Å². The number of amidine groups is 1. The van der Waals surface area contributed by atoms with Crippen molar-refractivity contribution < 1.29 is 0 Å². The first-order valence-electron chi connectivity index (χ1n) is 5.45. The Bertz CT molecular complexity index is 629. The number of halogens is 1. The SMILES string of the molecule is CSC(=Nc1cc(-n2cccc2)ccc1Cl)NC#N. The lowest BCUT2D eigenvalue weighted by molar-refractivity contribution is 1.08. The Labute approximate surface area is 120 Å². The zero-order chi connectivity index (χ0) is 13.7. The number of nitrogens with one attached hydrogen (secondary N) is 1. The second-order valence-corrected chi connectivity index (χ2v) is 4.79. The van der Waals surface area contributed by atoms with E-state index in [9.17, 15) is 0 Å². The van der Waals surface area contributed by atoms with Gasteiger partial charge in [-0.1, -0.05) is 23.4 Å². The summed E-state index contributed by atoms with van der Waals surface area (Å²) >= 11 is 7.47. The van der Waals surface area contributed by atoms with Gasteiger partial charge >= 0.3 is 0 Å². The highest BCUT2D eigenvalue weighted by Crippen LogP contribution is 2.28. The number of nitriles is 1. The van der Waals surface area contributed by atoms with Crippen molar-refractivity contribution in [1.29, 1.82) is 5.26 Å². The fourth-order valence-electron chi connectivity index (χ4n) is 1.54. The van der Waals surface area contributed by atoms with Gasteiger partial charge in [0, 0.05) is 18.1 Å². The van der Waals surface area contributed by atoms with Crippen molar-refractivity contribution in [3.8, 4) is 11.9 Å². The van der Waals surface area contributed by atoms with Crippen LogP contribution in [0.5, 0.6) is 0 Å². The van der Waals surface area contributed by atoms with Crippen molar-refractivity contribution in [3.05, 3.63) is 47.7 Å². The summed E-state index contributed by atoms with van der Waals surface area (Å²) in [6.45, 7) is 0. The Balaban J connectivity index is 2.40. The van der Waals surface area contributed by atoms with Crippen LogP contribution in [0.4, 0.5) is 5.69 Å². The van der Waals surface area contributed by atoms with Crippen LogP contribution in [-0.2, 0) is 0 Å². The standard InChI is InChI=1S/C13H11ClN4S/c1-19-13(16-9-15)17-12-8-10(4-5-11(12)14)18-6-2-3-7-18/h2-8H,1H3,(H,16,17). The van der Waals surface area contributed by atoms with Gasteiger partial charge in [-0.05, 0) is 36.6 Å². The van der Waals surface area contributed by atoms with Crippen molar-refractivity contribution in [2.45, 2.75) is 0 Å². The molecule has 4 nitrogen and oxygen atoms in total. The zero-order valence-corrected chi connectivity index (χ0v) is 11.7. The summed E-state index contributed by atoms with van der Waals surface area (Å²) in [6, 6.07) is 9.47. The first-order valence-corrected chi connectivity index (χ1v) is 7.05. The molecule has 0 saturated heterocycles. The van der Waals surface area contributed by atoms with E-state index < -0.39 is 0 Å². The van der Waals surface area contributed by atoms with Crippen molar-refractivity contribution in [2.75, 3.05) is 6.26 Å². The average molecular weight is 291 g/mol. The summed E-state index contributed by atoms with van der Waals surface area (Å²) in [5.41, 5.74) is 1.59. The lowest BCUT2D eigenvalue weighted by atomic mass is 10.3. The molecule has 1 heterocycles. The number of aromatic nitrogens is 1. The molecule has 2 aromatic rings. The average Bonchev–Trinajstić information content (AvgIpc) is 2.94. The molecule has 0 spiro atoms. The highest BCUT2D eigenvalue weighted by molar-refractivity contribution is 8.13. The van der Waals surface area contributed by atoms with E-state index in [1.807, 2.05) is 53.7 Å². The van der Waals surface area contributed by atoms with E-state index in [4.69, 9.17) is 16.9 Å². The van der Waals surface area contributed by atoms with Crippen molar-refractivity contribution in [1.82, 2.24) is 9.88 Å². The quantitative estimate of drug-likeness (QED) is 0.398. The molecule has 6 heteroatoms. The molecule has 96 valence electrons. The fraction of sp³-hybridized carbons (Fsp3) is 0.0769. The van der Waals surface area contributed by atoms with E-state index in [1.54, 1.807) is 6.07 Å². The number of hydrogen-bond donors (Lipinski definition) is 1. The minimum atomic E-state index is 0.508. The number of benzene rings is 1.